The van der Waals surface area contributed by atoms with Gasteiger partial charge in [0.1, 0.15) is 5.82 Å². The van der Waals surface area contributed by atoms with Crippen molar-refractivity contribution in [2.45, 2.75) is 13.0 Å². The van der Waals surface area contributed by atoms with Crippen LogP contribution in [0.4, 0.5) is 15.8 Å². The number of aromatic amines is 2. The van der Waals surface area contributed by atoms with Crippen molar-refractivity contribution in [3.8, 4) is 11.1 Å². The van der Waals surface area contributed by atoms with Crippen LogP contribution in [-0.4, -0.2) is 43.3 Å². The predicted octanol–water partition coefficient (Wildman–Crippen LogP) is 3.63. The van der Waals surface area contributed by atoms with Crippen molar-refractivity contribution in [2.75, 3.05) is 10.6 Å². The van der Waals surface area contributed by atoms with E-state index in [1.165, 1.54) is 24.3 Å². The van der Waals surface area contributed by atoms with Crippen LogP contribution in [0.15, 0.2) is 72.8 Å². The van der Waals surface area contributed by atoms with E-state index in [0.29, 0.717) is 38.9 Å². The van der Waals surface area contributed by atoms with Gasteiger partial charge in [0.2, 0.25) is 5.91 Å². The molecule has 0 spiro atoms. The minimum Gasteiger partial charge on any atom is -0.366 e. The second-order valence-corrected chi connectivity index (χ2v) is 9.71. The molecule has 4 aromatic carbocycles. The summed E-state index contributed by atoms with van der Waals surface area (Å²) in [4.78, 5) is 41.1. The molecule has 0 saturated carbocycles. The lowest BCUT2D eigenvalue weighted by Crippen LogP contribution is -2.15. The van der Waals surface area contributed by atoms with E-state index in [1.54, 1.807) is 36.4 Å². The smallest absolute Gasteiger partial charge is 0.255 e. The lowest BCUT2D eigenvalue weighted by molar-refractivity contribution is -0.115. The van der Waals surface area contributed by atoms with E-state index in [4.69, 9.17) is 11.5 Å². The Bertz CT molecular complexity index is 2020. The first kappa shape index (κ1) is 27.2. The number of hydrogen-bond acceptors (Lipinski definition) is 7. The molecule has 0 radical (unpaired) electrons. The number of tetrazole rings is 1. The Labute approximate surface area is 242 Å². The summed E-state index contributed by atoms with van der Waals surface area (Å²) in [7, 11) is 0. The van der Waals surface area contributed by atoms with Crippen LogP contribution >= 0.6 is 0 Å². The van der Waals surface area contributed by atoms with Crippen LogP contribution in [0.5, 0.6) is 0 Å². The van der Waals surface area contributed by atoms with Gasteiger partial charge in [-0.2, -0.15) is 5.21 Å². The number of halogens is 1. The summed E-state index contributed by atoms with van der Waals surface area (Å²) in [5, 5.41) is 20.5. The predicted molar refractivity (Wildman–Crippen MR) is 159 cm³/mol. The number of benzene rings is 4. The number of H-pyrrole nitrogens is 2. The van der Waals surface area contributed by atoms with Crippen molar-refractivity contribution < 1.29 is 18.8 Å². The number of anilines is 2. The highest BCUT2D eigenvalue weighted by molar-refractivity contribution is 6.20. The molecule has 12 nitrogen and oxygen atoms in total. The van der Waals surface area contributed by atoms with Gasteiger partial charge in [0.15, 0.2) is 5.82 Å². The molecule has 43 heavy (non-hydrogen) atoms. The number of nitrogens with one attached hydrogen (secondary N) is 4. The molecule has 0 unspecified atom stereocenters. The van der Waals surface area contributed by atoms with E-state index in [2.05, 4.69) is 36.2 Å². The van der Waals surface area contributed by atoms with Crippen LogP contribution in [0.3, 0.4) is 0 Å². The molecule has 0 atom stereocenters. The summed E-state index contributed by atoms with van der Waals surface area (Å²) >= 11 is 0. The van der Waals surface area contributed by atoms with Crippen LogP contribution in [0.25, 0.3) is 32.9 Å². The fraction of sp³-hybridized carbons (Fsp3) is 0.0667. The zero-order valence-corrected chi connectivity index (χ0v) is 22.4. The minimum absolute atomic E-state index is 0.0624. The van der Waals surface area contributed by atoms with Crippen LogP contribution < -0.4 is 22.1 Å². The van der Waals surface area contributed by atoms with Crippen LogP contribution in [0.1, 0.15) is 32.1 Å². The first-order valence-electron chi connectivity index (χ1n) is 13.1. The van der Waals surface area contributed by atoms with Crippen molar-refractivity contribution in [1.82, 2.24) is 25.6 Å². The highest BCUT2D eigenvalue weighted by Crippen LogP contribution is 2.40. The zero-order valence-electron chi connectivity index (χ0n) is 22.4. The molecule has 0 aliphatic carbocycles. The molecular weight excluding hydrogens is 553 g/mol. The third-order valence-corrected chi connectivity index (χ3v) is 7.04. The molecule has 2 aromatic heterocycles. The van der Waals surface area contributed by atoms with Gasteiger partial charge in [-0.25, -0.2) is 4.39 Å². The fourth-order valence-corrected chi connectivity index (χ4v) is 5.10. The number of carbonyl (C=O) groups is 3. The Morgan fingerprint density at radius 1 is 0.930 bits per heavy atom. The van der Waals surface area contributed by atoms with Gasteiger partial charge >= 0.3 is 0 Å². The molecule has 6 rings (SSSR count). The molecule has 13 heteroatoms. The summed E-state index contributed by atoms with van der Waals surface area (Å²) in [6.45, 7) is 0.0905. The average molecular weight is 578 g/mol. The Morgan fingerprint density at radius 2 is 1.74 bits per heavy atom. The monoisotopic (exact) mass is 577 g/mol. The zero-order chi connectivity index (χ0) is 30.1. The maximum absolute atomic E-state index is 13.4. The Morgan fingerprint density at radius 3 is 2.47 bits per heavy atom. The van der Waals surface area contributed by atoms with Crippen LogP contribution in [0, 0.1) is 5.82 Å². The maximum atomic E-state index is 13.4. The molecular formula is C30H24FN9O3. The summed E-state index contributed by atoms with van der Waals surface area (Å²) in [5.74, 6) is -1.55. The number of nitrogens with zero attached hydrogens (tertiary/aromatic N) is 3. The van der Waals surface area contributed by atoms with E-state index in [-0.39, 0.29) is 30.3 Å². The van der Waals surface area contributed by atoms with Gasteiger partial charge in [-0.3, -0.25) is 14.4 Å². The van der Waals surface area contributed by atoms with Gasteiger partial charge < -0.3 is 27.1 Å². The van der Waals surface area contributed by atoms with Gasteiger partial charge in [0, 0.05) is 39.8 Å². The number of nitrogens with two attached hydrogens (primary N) is 2. The maximum Gasteiger partial charge on any atom is 0.255 e. The topological polar surface area (TPSA) is 198 Å². The minimum atomic E-state index is -0.615. The Hall–Kier alpha value is -5.95. The van der Waals surface area contributed by atoms with Crippen LogP contribution in [0.2, 0.25) is 0 Å². The van der Waals surface area contributed by atoms with Crippen molar-refractivity contribution in [2.24, 2.45) is 11.5 Å². The first-order chi connectivity index (χ1) is 20.8. The number of aromatic nitrogens is 5. The van der Waals surface area contributed by atoms with Gasteiger partial charge in [0.05, 0.1) is 17.5 Å². The Kier molecular flexibility index (Phi) is 7.06. The third kappa shape index (κ3) is 5.27. The number of carbonyl (C=O) groups excluding carboxylic acids is 3. The SMILES string of the molecule is NCc1c(NC(=O)c2ccc(F)cc2)cccc1-c1ccc(C(N)=O)c2[nH]c3cc(NC(=O)Cc4nn[nH]n4)ccc3c12. The third-order valence-electron chi connectivity index (χ3n) is 7.04. The molecule has 2 heterocycles. The van der Waals surface area contributed by atoms with E-state index < -0.39 is 17.6 Å². The summed E-state index contributed by atoms with van der Waals surface area (Å²) in [6, 6.07) is 19.4. The van der Waals surface area contributed by atoms with Crippen molar-refractivity contribution in [1.29, 1.82) is 0 Å². The number of fused-ring (bicyclic) bond motifs is 3. The van der Waals surface area contributed by atoms with E-state index in [0.717, 1.165) is 16.5 Å². The van der Waals surface area contributed by atoms with Crippen molar-refractivity contribution in [3.63, 3.8) is 0 Å². The number of hydrogen-bond donors (Lipinski definition) is 6. The lowest BCUT2D eigenvalue weighted by atomic mass is 9.92. The van der Waals surface area contributed by atoms with Gasteiger partial charge in [-0.15, -0.1) is 10.2 Å². The van der Waals surface area contributed by atoms with Crippen molar-refractivity contribution in [3.05, 3.63) is 101 Å². The Balaban J connectivity index is 1.42. The number of amides is 3. The second kappa shape index (κ2) is 11.1. The number of primary amides is 1. The first-order valence-corrected chi connectivity index (χ1v) is 13.1. The number of rotatable bonds is 8. The van der Waals surface area contributed by atoms with Crippen molar-refractivity contribution >= 4 is 50.9 Å². The highest BCUT2D eigenvalue weighted by atomic mass is 19.1. The second-order valence-electron chi connectivity index (χ2n) is 9.71. The fourth-order valence-electron chi connectivity index (χ4n) is 5.10. The molecule has 3 amide bonds. The highest BCUT2D eigenvalue weighted by Gasteiger charge is 2.20. The molecule has 0 bridgehead atoms. The summed E-state index contributed by atoms with van der Waals surface area (Å²) in [6.07, 6.45) is -0.0624. The van der Waals surface area contributed by atoms with Gasteiger partial charge in [-0.1, -0.05) is 29.5 Å². The standard InChI is InChI=1S/C30H24FN9O3/c31-16-6-4-15(5-7-16)30(43)36-23-3-1-2-18(22(23)14-32)19-10-11-21(29(33)42)28-27(19)20-9-8-17(12-24(20)35-28)34-26(41)13-25-37-39-40-38-25/h1-12,35H,13-14,32H2,(H2,33,42)(H,34,41)(H,36,43)(H,37,38,39,40). The van der Waals surface area contributed by atoms with Gasteiger partial charge in [0.25, 0.3) is 11.8 Å². The molecule has 6 aromatic rings. The lowest BCUT2D eigenvalue weighted by Gasteiger charge is -2.16. The molecule has 0 fully saturated rings. The van der Waals surface area contributed by atoms with Crippen LogP contribution in [-0.2, 0) is 17.8 Å². The molecule has 0 aliphatic rings. The molecule has 214 valence electrons. The average Bonchev–Trinajstić information content (AvgIpc) is 3.64. The molecule has 0 aliphatic heterocycles. The normalized spacial score (nSPS) is 11.1. The van der Waals surface area contributed by atoms with E-state index in [1.807, 2.05) is 12.1 Å². The van der Waals surface area contributed by atoms with Gasteiger partial charge in [-0.05, 0) is 65.2 Å². The largest absolute Gasteiger partial charge is 0.366 e. The summed E-state index contributed by atoms with van der Waals surface area (Å²) in [5.41, 5.74) is 16.8. The van der Waals surface area contributed by atoms with E-state index >= 15 is 0 Å². The van der Waals surface area contributed by atoms with E-state index in [9.17, 15) is 18.8 Å². The molecule has 8 N–H and O–H groups in total. The molecule has 0 saturated heterocycles. The summed E-state index contributed by atoms with van der Waals surface area (Å²) < 4.78 is 13.4. The quantitative estimate of drug-likeness (QED) is 0.159.